The Labute approximate surface area is 136 Å². The zero-order chi connectivity index (χ0) is 15.7. The molecule has 0 aromatic heterocycles. The summed E-state index contributed by atoms with van der Waals surface area (Å²) in [5.74, 6) is 0.242. The van der Waals surface area contributed by atoms with Crippen LogP contribution in [0.15, 0.2) is 42.5 Å². The van der Waals surface area contributed by atoms with E-state index in [0.717, 1.165) is 5.56 Å². The average Bonchev–Trinajstić information content (AvgIpc) is 2.89. The quantitative estimate of drug-likeness (QED) is 0.912. The van der Waals surface area contributed by atoms with E-state index in [2.05, 4.69) is 6.07 Å². The maximum atomic E-state index is 12.2. The van der Waals surface area contributed by atoms with Gasteiger partial charge in [-0.05, 0) is 29.8 Å². The minimum absolute atomic E-state index is 0.0259. The Morgan fingerprint density at radius 1 is 1.27 bits per heavy atom. The molecule has 1 saturated heterocycles. The first kappa shape index (κ1) is 14.8. The Kier molecular flexibility index (Phi) is 3.97. The minimum Gasteiger partial charge on any atom is -0.506 e. The molecule has 6 heteroatoms. The summed E-state index contributed by atoms with van der Waals surface area (Å²) in [5, 5.41) is 19.1. The molecule has 4 nitrogen and oxygen atoms in total. The van der Waals surface area contributed by atoms with E-state index in [-0.39, 0.29) is 17.0 Å². The molecule has 0 saturated carbocycles. The number of hydrogen-bond donors (Lipinski definition) is 1. The smallest absolute Gasteiger partial charge is 0.238 e. The normalized spacial score (nSPS) is 17.5. The number of hydrogen-bond acceptors (Lipinski definition) is 4. The van der Waals surface area contributed by atoms with E-state index in [4.69, 9.17) is 16.9 Å². The van der Waals surface area contributed by atoms with Gasteiger partial charge in [0, 0.05) is 11.1 Å². The van der Waals surface area contributed by atoms with Crippen LogP contribution in [-0.2, 0) is 4.79 Å². The van der Waals surface area contributed by atoms with Crippen molar-refractivity contribution in [2.45, 2.75) is 5.37 Å². The van der Waals surface area contributed by atoms with Crippen LogP contribution in [0.4, 0.5) is 5.69 Å². The number of aromatic hydroxyl groups is 1. The fourth-order valence-electron chi connectivity index (χ4n) is 2.35. The summed E-state index contributed by atoms with van der Waals surface area (Å²) in [5.41, 5.74) is 1.91. The topological polar surface area (TPSA) is 64.3 Å². The fraction of sp³-hybridized carbons (Fsp3) is 0.125. The van der Waals surface area contributed by atoms with Crippen molar-refractivity contribution in [2.75, 3.05) is 10.7 Å². The second-order valence-electron chi connectivity index (χ2n) is 4.79. The number of nitriles is 1. The molecule has 22 heavy (non-hydrogen) atoms. The molecule has 1 atom stereocenters. The zero-order valence-electron chi connectivity index (χ0n) is 11.4. The molecular weight excluding hydrogens is 320 g/mol. The van der Waals surface area contributed by atoms with Gasteiger partial charge in [-0.1, -0.05) is 23.7 Å². The van der Waals surface area contributed by atoms with Gasteiger partial charge >= 0.3 is 0 Å². The number of carbonyl (C=O) groups excluding carboxylic acids is 1. The number of anilines is 1. The number of nitrogens with zero attached hydrogens (tertiary/aromatic N) is 2. The predicted molar refractivity (Wildman–Crippen MR) is 87.0 cm³/mol. The first-order valence-electron chi connectivity index (χ1n) is 6.52. The van der Waals surface area contributed by atoms with E-state index in [9.17, 15) is 9.90 Å². The molecule has 0 spiro atoms. The van der Waals surface area contributed by atoms with Gasteiger partial charge in [0.15, 0.2) is 0 Å². The fourth-order valence-corrected chi connectivity index (χ4v) is 3.69. The molecule has 2 aromatic rings. The number of thioether (sulfide) groups is 1. The van der Waals surface area contributed by atoms with Crippen LogP contribution < -0.4 is 4.90 Å². The molecular formula is C16H11ClN2O2S. The van der Waals surface area contributed by atoms with Crippen LogP contribution in [0, 0.1) is 11.3 Å². The summed E-state index contributed by atoms with van der Waals surface area (Å²) in [7, 11) is 0. The van der Waals surface area contributed by atoms with Crippen molar-refractivity contribution in [3.63, 3.8) is 0 Å². The van der Waals surface area contributed by atoms with Gasteiger partial charge in [0.25, 0.3) is 0 Å². The van der Waals surface area contributed by atoms with Crippen LogP contribution in [0.5, 0.6) is 5.75 Å². The van der Waals surface area contributed by atoms with Crippen molar-refractivity contribution < 1.29 is 9.90 Å². The number of carbonyl (C=O) groups is 1. The number of rotatable bonds is 2. The SMILES string of the molecule is N#Cc1ccc(C2SCC(=O)N2c2ccc(Cl)cc2O)cc1. The largest absolute Gasteiger partial charge is 0.506 e. The monoisotopic (exact) mass is 330 g/mol. The summed E-state index contributed by atoms with van der Waals surface area (Å²) < 4.78 is 0. The first-order chi connectivity index (χ1) is 10.6. The van der Waals surface area contributed by atoms with E-state index in [0.29, 0.717) is 22.0 Å². The van der Waals surface area contributed by atoms with Crippen LogP contribution in [0.2, 0.25) is 5.02 Å². The molecule has 0 aliphatic carbocycles. The number of amides is 1. The third-order valence-corrected chi connectivity index (χ3v) is 4.84. The number of halogens is 1. The van der Waals surface area contributed by atoms with E-state index >= 15 is 0 Å². The molecule has 1 heterocycles. The van der Waals surface area contributed by atoms with Crippen molar-refractivity contribution in [1.29, 1.82) is 5.26 Å². The Bertz CT molecular complexity index is 771. The maximum absolute atomic E-state index is 12.2. The van der Waals surface area contributed by atoms with Crippen LogP contribution in [-0.4, -0.2) is 16.8 Å². The molecule has 110 valence electrons. The van der Waals surface area contributed by atoms with Crippen LogP contribution in [0.1, 0.15) is 16.5 Å². The van der Waals surface area contributed by atoms with Crippen LogP contribution in [0.3, 0.4) is 0 Å². The van der Waals surface area contributed by atoms with Crippen molar-refractivity contribution in [3.05, 3.63) is 58.6 Å². The first-order valence-corrected chi connectivity index (χ1v) is 7.95. The Morgan fingerprint density at radius 3 is 2.64 bits per heavy atom. The van der Waals surface area contributed by atoms with E-state index < -0.39 is 0 Å². The third kappa shape index (κ3) is 2.63. The highest BCUT2D eigenvalue weighted by Gasteiger charge is 2.35. The summed E-state index contributed by atoms with van der Waals surface area (Å²) in [6.45, 7) is 0. The lowest BCUT2D eigenvalue weighted by Gasteiger charge is -2.25. The van der Waals surface area contributed by atoms with Gasteiger partial charge < -0.3 is 5.11 Å². The highest BCUT2D eigenvalue weighted by atomic mass is 35.5. The molecule has 1 aliphatic rings. The van der Waals surface area contributed by atoms with Crippen molar-refractivity contribution in [3.8, 4) is 11.8 Å². The standard InChI is InChI=1S/C16H11ClN2O2S/c17-12-5-6-13(14(20)7-12)19-15(21)9-22-16(19)11-3-1-10(8-18)2-4-11/h1-7,16,20H,9H2. The lowest BCUT2D eigenvalue weighted by molar-refractivity contribution is -0.115. The maximum Gasteiger partial charge on any atom is 0.238 e. The highest BCUT2D eigenvalue weighted by Crippen LogP contribution is 2.45. The van der Waals surface area contributed by atoms with Gasteiger partial charge in [-0.3, -0.25) is 9.69 Å². The van der Waals surface area contributed by atoms with Crippen molar-refractivity contribution in [2.24, 2.45) is 0 Å². The zero-order valence-corrected chi connectivity index (χ0v) is 12.9. The van der Waals surface area contributed by atoms with Gasteiger partial charge in [-0.15, -0.1) is 11.8 Å². The Hall–Kier alpha value is -2.16. The van der Waals surface area contributed by atoms with Gasteiger partial charge in [0.05, 0.1) is 23.1 Å². The number of phenolic OH excluding ortho intramolecular Hbond substituents is 1. The molecule has 3 rings (SSSR count). The van der Waals surface area contributed by atoms with Crippen LogP contribution in [0.25, 0.3) is 0 Å². The number of benzene rings is 2. The lowest BCUT2D eigenvalue weighted by Crippen LogP contribution is -2.27. The van der Waals surface area contributed by atoms with Gasteiger partial charge in [0.1, 0.15) is 11.1 Å². The highest BCUT2D eigenvalue weighted by molar-refractivity contribution is 8.00. The molecule has 1 N–H and O–H groups in total. The molecule has 1 amide bonds. The Balaban J connectivity index is 2.00. The second-order valence-corrected chi connectivity index (χ2v) is 6.30. The minimum atomic E-state index is -0.229. The third-order valence-electron chi connectivity index (χ3n) is 3.39. The summed E-state index contributed by atoms with van der Waals surface area (Å²) >= 11 is 7.33. The molecule has 1 fully saturated rings. The van der Waals surface area contributed by atoms with E-state index in [1.54, 1.807) is 29.2 Å². The summed E-state index contributed by atoms with van der Waals surface area (Å²) in [6.07, 6.45) is 0. The lowest BCUT2D eigenvalue weighted by atomic mass is 10.1. The van der Waals surface area contributed by atoms with E-state index in [1.807, 2.05) is 12.1 Å². The molecule has 0 radical (unpaired) electrons. The summed E-state index contributed by atoms with van der Waals surface area (Å²) in [4.78, 5) is 13.8. The second kappa shape index (κ2) is 5.91. The van der Waals surface area contributed by atoms with Gasteiger partial charge in [-0.25, -0.2) is 0 Å². The molecule has 1 aliphatic heterocycles. The van der Waals surface area contributed by atoms with Gasteiger partial charge in [-0.2, -0.15) is 5.26 Å². The van der Waals surface area contributed by atoms with Gasteiger partial charge in [0.2, 0.25) is 5.91 Å². The molecule has 1 unspecified atom stereocenters. The van der Waals surface area contributed by atoms with Crippen LogP contribution >= 0.6 is 23.4 Å². The van der Waals surface area contributed by atoms with Crippen molar-refractivity contribution >= 4 is 35.0 Å². The average molecular weight is 331 g/mol. The van der Waals surface area contributed by atoms with Crippen molar-refractivity contribution in [1.82, 2.24) is 0 Å². The number of phenols is 1. The predicted octanol–water partition coefficient (Wildman–Crippen LogP) is 3.70. The summed E-state index contributed by atoms with van der Waals surface area (Å²) in [6, 6.07) is 13.9. The molecule has 2 aromatic carbocycles. The van der Waals surface area contributed by atoms with E-state index in [1.165, 1.54) is 17.8 Å². The molecule has 0 bridgehead atoms. The Morgan fingerprint density at radius 2 is 2.00 bits per heavy atom.